The van der Waals surface area contributed by atoms with E-state index in [-0.39, 0.29) is 36.8 Å². The van der Waals surface area contributed by atoms with Crippen molar-refractivity contribution >= 4 is 41.4 Å². The van der Waals surface area contributed by atoms with Gasteiger partial charge in [-0.3, -0.25) is 28.8 Å². The quantitative estimate of drug-likeness (QED) is 0.185. The molecule has 0 aromatic heterocycles. The Morgan fingerprint density at radius 3 is 2.00 bits per heavy atom. The number of rotatable bonds is 16. The Balaban J connectivity index is 0.00000281. The van der Waals surface area contributed by atoms with Crippen molar-refractivity contribution in [1.29, 1.82) is 0 Å². The van der Waals surface area contributed by atoms with Crippen LogP contribution in [0.15, 0.2) is 54.6 Å². The lowest BCUT2D eigenvalue weighted by molar-refractivity contribution is -0.143. The van der Waals surface area contributed by atoms with E-state index in [0.29, 0.717) is 37.7 Å². The smallest absolute Gasteiger partial charge is 0.408 e. The molecule has 2 aromatic rings. The van der Waals surface area contributed by atoms with E-state index in [1.165, 1.54) is 16.2 Å². The molecule has 1 aliphatic heterocycles. The van der Waals surface area contributed by atoms with Crippen LogP contribution in [0.3, 0.4) is 0 Å². The summed E-state index contributed by atoms with van der Waals surface area (Å²) in [6.45, 7) is 11.4. The highest BCUT2D eigenvalue weighted by molar-refractivity contribution is 6.38. The van der Waals surface area contributed by atoms with Gasteiger partial charge < -0.3 is 35.8 Å². The van der Waals surface area contributed by atoms with E-state index in [1.807, 2.05) is 38.1 Å². The zero-order valence-electron chi connectivity index (χ0n) is 34.8. The maximum Gasteiger partial charge on any atom is 0.408 e. The van der Waals surface area contributed by atoms with Gasteiger partial charge in [0.2, 0.25) is 29.4 Å². The van der Waals surface area contributed by atoms with Gasteiger partial charge in [-0.2, -0.15) is 0 Å². The maximum absolute atomic E-state index is 14.3. The molecule has 14 nitrogen and oxygen atoms in total. The normalized spacial score (nSPS) is 16.8. The Bertz CT molecular complexity index is 1670. The number of ether oxygens (including phenoxy) is 1. The van der Waals surface area contributed by atoms with Gasteiger partial charge in [0, 0.05) is 20.6 Å². The SMILES string of the molecule is CCC.CCCC(NC(=O)[C@@H]1CCCN1C(=O)[C@@H](NC(=O)O[C@@H](C)C(C)C)C1Cc2ccccc2C1)C(=O)C(=O)NCC(=O)N[C@H](C(=O)N(C)C)c1ccccc1. The summed E-state index contributed by atoms with van der Waals surface area (Å²) in [7, 11) is 3.12. The summed E-state index contributed by atoms with van der Waals surface area (Å²) in [6.07, 6.45) is 2.74. The first-order valence-electron chi connectivity index (χ1n) is 20.1. The number of likely N-dealkylation sites (N-methyl/N-ethyl adjacent to an activating group) is 1. The predicted octanol–water partition coefficient (Wildman–Crippen LogP) is 3.86. The average Bonchev–Trinajstić information content (AvgIpc) is 3.86. The fraction of sp³-hybridized carbons (Fsp3) is 0.558. The monoisotopic (exact) mass is 790 g/mol. The van der Waals surface area contributed by atoms with E-state index in [2.05, 4.69) is 35.1 Å². The third-order valence-corrected chi connectivity index (χ3v) is 10.1. The lowest BCUT2D eigenvalue weighted by Gasteiger charge is -2.32. The minimum absolute atomic E-state index is 0.0658. The van der Waals surface area contributed by atoms with Gasteiger partial charge >= 0.3 is 6.09 Å². The van der Waals surface area contributed by atoms with Gasteiger partial charge in [0.25, 0.3) is 5.91 Å². The first-order chi connectivity index (χ1) is 27.1. The zero-order chi connectivity index (χ0) is 42.2. The molecular formula is C43H62N6O8. The van der Waals surface area contributed by atoms with Crippen molar-refractivity contribution in [3.8, 4) is 0 Å². The summed E-state index contributed by atoms with van der Waals surface area (Å²) in [4.78, 5) is 95.9. The highest BCUT2D eigenvalue weighted by Crippen LogP contribution is 2.31. The molecule has 0 saturated carbocycles. The van der Waals surface area contributed by atoms with E-state index >= 15 is 0 Å². The Hall–Kier alpha value is -5.27. The van der Waals surface area contributed by atoms with Crippen LogP contribution >= 0.6 is 0 Å². The number of hydrogen-bond donors (Lipinski definition) is 4. The second-order valence-electron chi connectivity index (χ2n) is 15.4. The Morgan fingerprint density at radius 2 is 1.44 bits per heavy atom. The number of nitrogens with one attached hydrogen (secondary N) is 4. The number of ketones is 1. The van der Waals surface area contributed by atoms with Crippen LogP contribution in [0, 0.1) is 11.8 Å². The molecule has 2 aromatic carbocycles. The Morgan fingerprint density at radius 1 is 0.842 bits per heavy atom. The fourth-order valence-corrected chi connectivity index (χ4v) is 6.79. The number of carbonyl (C=O) groups is 7. The van der Waals surface area contributed by atoms with Crippen molar-refractivity contribution in [2.45, 2.75) is 117 Å². The lowest BCUT2D eigenvalue weighted by Crippen LogP contribution is -2.58. The van der Waals surface area contributed by atoms with Crippen molar-refractivity contribution in [3.05, 3.63) is 71.3 Å². The standard InChI is InChI=1S/C40H54N6O8.C3H8/c1-7-14-30(35(48)37(50)41-23-32(47)43-33(38(51)45(5)6)26-15-9-8-10-16-26)42-36(49)31-19-13-20-46(31)39(52)34(44-40(53)54-25(4)24(2)3)29-21-27-17-11-12-18-28(27)22-29;1-3-2/h8-12,15-18,24-25,29-31,33-34H,7,13-14,19-23H2,1-6H3,(H,41,50)(H,42,49)(H,43,47)(H,44,53);3H2,1-2H3/t25-,30?,31-,33-,34-;/m0./s1. The first-order valence-corrected chi connectivity index (χ1v) is 20.1. The minimum atomic E-state index is -1.21. The Labute approximate surface area is 337 Å². The van der Waals surface area contributed by atoms with Gasteiger partial charge in [-0.15, -0.1) is 0 Å². The molecule has 4 rings (SSSR count). The third-order valence-electron chi connectivity index (χ3n) is 10.1. The van der Waals surface area contributed by atoms with Crippen LogP contribution in [-0.2, 0) is 46.3 Å². The molecule has 5 atom stereocenters. The van der Waals surface area contributed by atoms with Crippen LogP contribution < -0.4 is 21.3 Å². The molecule has 1 unspecified atom stereocenters. The van der Waals surface area contributed by atoms with Crippen LogP contribution in [0.5, 0.6) is 0 Å². The van der Waals surface area contributed by atoms with Crippen LogP contribution in [0.2, 0.25) is 0 Å². The highest BCUT2D eigenvalue weighted by atomic mass is 16.6. The molecule has 0 bridgehead atoms. The second-order valence-corrected chi connectivity index (χ2v) is 15.4. The molecule has 6 amide bonds. The van der Waals surface area contributed by atoms with Crippen molar-refractivity contribution in [2.75, 3.05) is 27.2 Å². The third kappa shape index (κ3) is 13.1. The summed E-state index contributed by atoms with van der Waals surface area (Å²) >= 11 is 0. The van der Waals surface area contributed by atoms with Crippen molar-refractivity contribution in [1.82, 2.24) is 31.1 Å². The summed E-state index contributed by atoms with van der Waals surface area (Å²) in [5.74, 6) is -4.28. The van der Waals surface area contributed by atoms with Gasteiger partial charge in [-0.1, -0.05) is 102 Å². The van der Waals surface area contributed by atoms with Crippen molar-refractivity contribution in [3.63, 3.8) is 0 Å². The predicted molar refractivity (Wildman–Crippen MR) is 217 cm³/mol. The van der Waals surface area contributed by atoms with E-state index in [1.54, 1.807) is 58.3 Å². The molecule has 0 radical (unpaired) electrons. The van der Waals surface area contributed by atoms with Crippen LogP contribution in [-0.4, -0.2) is 103 Å². The number of nitrogens with zero attached hydrogens (tertiary/aromatic N) is 2. The number of carbonyl (C=O) groups excluding carboxylic acids is 7. The van der Waals surface area contributed by atoms with E-state index in [9.17, 15) is 33.6 Å². The molecule has 1 aliphatic carbocycles. The zero-order valence-corrected chi connectivity index (χ0v) is 34.8. The molecule has 57 heavy (non-hydrogen) atoms. The van der Waals surface area contributed by atoms with E-state index in [0.717, 1.165) is 11.1 Å². The largest absolute Gasteiger partial charge is 0.446 e. The fourth-order valence-electron chi connectivity index (χ4n) is 6.79. The molecule has 312 valence electrons. The topological polar surface area (TPSA) is 183 Å². The second kappa shape index (κ2) is 22.5. The molecule has 1 heterocycles. The van der Waals surface area contributed by atoms with Gasteiger partial charge in [0.1, 0.15) is 24.2 Å². The number of fused-ring (bicyclic) bond motifs is 1. The summed E-state index contributed by atoms with van der Waals surface area (Å²) in [5, 5.41) is 10.4. The molecule has 1 fully saturated rings. The number of likely N-dealkylation sites (tertiary alicyclic amines) is 1. The molecule has 0 spiro atoms. The van der Waals surface area contributed by atoms with Gasteiger partial charge in [-0.05, 0) is 67.6 Å². The molecule has 1 saturated heterocycles. The maximum atomic E-state index is 14.3. The number of benzene rings is 2. The van der Waals surface area contributed by atoms with Gasteiger partial charge in [0.05, 0.1) is 12.6 Å². The highest BCUT2D eigenvalue weighted by Gasteiger charge is 2.43. The summed E-state index contributed by atoms with van der Waals surface area (Å²) in [6, 6.07) is 12.4. The molecular weight excluding hydrogens is 729 g/mol. The number of alkyl carbamates (subject to hydrolysis) is 1. The van der Waals surface area contributed by atoms with Crippen LogP contribution in [0.25, 0.3) is 0 Å². The van der Waals surface area contributed by atoms with Gasteiger partial charge in [0.15, 0.2) is 0 Å². The van der Waals surface area contributed by atoms with Crippen LogP contribution in [0.4, 0.5) is 4.79 Å². The number of hydrogen-bond acceptors (Lipinski definition) is 8. The van der Waals surface area contributed by atoms with Crippen molar-refractivity contribution in [2.24, 2.45) is 11.8 Å². The Kier molecular flexibility index (Phi) is 18.2. The molecule has 4 N–H and O–H groups in total. The van der Waals surface area contributed by atoms with Crippen LogP contribution in [0.1, 0.15) is 96.4 Å². The minimum Gasteiger partial charge on any atom is -0.446 e. The average molecular weight is 791 g/mol. The molecule has 14 heteroatoms. The summed E-state index contributed by atoms with van der Waals surface area (Å²) < 4.78 is 5.57. The molecule has 2 aliphatic rings. The number of amides is 6. The van der Waals surface area contributed by atoms with Crippen molar-refractivity contribution < 1.29 is 38.3 Å². The summed E-state index contributed by atoms with van der Waals surface area (Å²) in [5.41, 5.74) is 2.74. The first kappa shape index (κ1) is 46.1. The van der Waals surface area contributed by atoms with Gasteiger partial charge in [-0.25, -0.2) is 4.79 Å². The van der Waals surface area contributed by atoms with E-state index < -0.39 is 66.2 Å². The lowest BCUT2D eigenvalue weighted by atomic mass is 9.95. The van der Waals surface area contributed by atoms with E-state index in [4.69, 9.17) is 4.74 Å². The number of Topliss-reactive ketones (excluding diaryl/α,β-unsaturated/α-hetero) is 1.